The Kier molecular flexibility index (Phi) is 1.96. The molecule has 0 aromatic heterocycles. The molecule has 0 aromatic carbocycles. The fraction of sp³-hybridized carbons (Fsp3) is 0. The van der Waals surface area contributed by atoms with Gasteiger partial charge in [-0.2, -0.15) is 0 Å². The van der Waals surface area contributed by atoms with E-state index in [1.807, 2.05) is 0 Å². The molecular formula is C2H3N2O2. The molecule has 4 heteroatoms. The van der Waals surface area contributed by atoms with E-state index in [-0.39, 0.29) is 0 Å². The van der Waals surface area contributed by atoms with E-state index in [0.29, 0.717) is 0 Å². The molecule has 0 aliphatic rings. The van der Waals surface area contributed by atoms with E-state index in [2.05, 4.69) is 12.0 Å². The van der Waals surface area contributed by atoms with Gasteiger partial charge in [-0.15, -0.1) is 0 Å². The van der Waals surface area contributed by atoms with Crippen molar-refractivity contribution in [1.29, 1.82) is 0 Å². The molecule has 0 N–H and O–H groups in total. The zero-order valence-corrected chi connectivity index (χ0v) is 3.00. The first-order chi connectivity index (χ1) is 2.77. The number of hydrogen-bond donors (Lipinski definition) is 0. The second-order valence-electron chi connectivity index (χ2n) is 0.536. The van der Waals surface area contributed by atoms with E-state index in [1.165, 1.54) is 0 Å². The first kappa shape index (κ1) is 5.07. The average molecular weight is 87.1 g/mol. The van der Waals surface area contributed by atoms with E-state index in [9.17, 15) is 0 Å². The lowest BCUT2D eigenvalue weighted by Crippen LogP contribution is -1.81. The highest BCUT2D eigenvalue weighted by Crippen LogP contribution is 1.61. The van der Waals surface area contributed by atoms with Crippen LogP contribution in [0.5, 0.6) is 0 Å². The van der Waals surface area contributed by atoms with Gasteiger partial charge in [-0.3, -0.25) is 0 Å². The van der Waals surface area contributed by atoms with Gasteiger partial charge in [-0.1, -0.05) is 0 Å². The van der Waals surface area contributed by atoms with Gasteiger partial charge in [0.1, 0.15) is 0 Å². The lowest BCUT2D eigenvalue weighted by Gasteiger charge is -1.65. The van der Waals surface area contributed by atoms with Gasteiger partial charge in [0.25, 0.3) is 0 Å². The van der Waals surface area contributed by atoms with Crippen molar-refractivity contribution in [3.63, 3.8) is 0 Å². The summed E-state index contributed by atoms with van der Waals surface area (Å²) in [7, 11) is 0. The van der Waals surface area contributed by atoms with Crippen molar-refractivity contribution in [3.05, 3.63) is 17.0 Å². The maximum atomic E-state index is 9.17. The average Bonchev–Trinajstić information content (AvgIpc) is 1.35. The molecule has 0 bridgehead atoms. The normalized spacial score (nSPS) is 9.50. The van der Waals surface area contributed by atoms with Gasteiger partial charge >= 0.3 is 0 Å². The molecule has 0 aromatic rings. The summed E-state index contributed by atoms with van der Waals surface area (Å²) in [6.07, 6.45) is 0.875. The Balaban J connectivity index is 3.30. The largest absolute Gasteiger partial charge is 0.233 e. The van der Waals surface area contributed by atoms with E-state index in [4.69, 9.17) is 10.1 Å². The van der Waals surface area contributed by atoms with Crippen LogP contribution in [0.1, 0.15) is 0 Å². The molecule has 33 valence electrons. The van der Waals surface area contributed by atoms with Crippen LogP contribution >= 0.6 is 0 Å². The van der Waals surface area contributed by atoms with Crippen molar-refractivity contribution < 1.29 is 5.03 Å². The Morgan fingerprint density at radius 1 is 2.00 bits per heavy atom. The number of hydrogen-bond acceptors (Lipinski definition) is 2. The van der Waals surface area contributed by atoms with E-state index in [1.54, 1.807) is 0 Å². The van der Waals surface area contributed by atoms with Crippen molar-refractivity contribution in [2.24, 2.45) is 5.10 Å². The third kappa shape index (κ3) is 3.07. The zero-order valence-electron chi connectivity index (χ0n) is 3.00. The summed E-state index contributed by atoms with van der Waals surface area (Å²) in [4.78, 5) is 9.17. The molecule has 0 fully saturated rings. The fourth-order valence-electron chi connectivity index (χ4n) is 0.0667. The Hall–Kier alpha value is -0.930. The van der Waals surface area contributed by atoms with E-state index >= 15 is 0 Å². The van der Waals surface area contributed by atoms with Gasteiger partial charge in [0.15, 0.2) is 5.03 Å². The molecule has 0 spiro atoms. The quantitative estimate of drug-likeness (QED) is 0.258. The van der Waals surface area contributed by atoms with Gasteiger partial charge in [-0.05, 0) is 6.92 Å². The van der Waals surface area contributed by atoms with Crippen LogP contribution in [0, 0.1) is 17.0 Å². The summed E-state index contributed by atoms with van der Waals surface area (Å²) < 4.78 is 0. The first-order valence-electron chi connectivity index (χ1n) is 1.23. The number of rotatable bonds is 1. The molecule has 0 saturated carbocycles. The van der Waals surface area contributed by atoms with Crippen LogP contribution in [0.25, 0.3) is 0 Å². The van der Waals surface area contributed by atoms with Gasteiger partial charge in [0, 0.05) is 0 Å². The van der Waals surface area contributed by atoms with Crippen LogP contribution in [-0.2, 0) is 0 Å². The molecule has 0 heterocycles. The molecule has 0 rings (SSSR count). The molecule has 0 aliphatic carbocycles. The number of nitrogens with zero attached hydrogens (tertiary/aromatic N) is 2. The van der Waals surface area contributed by atoms with Crippen LogP contribution < -0.4 is 0 Å². The van der Waals surface area contributed by atoms with Crippen molar-refractivity contribution >= 4 is 6.21 Å². The highest BCUT2D eigenvalue weighted by molar-refractivity contribution is 5.60. The molecule has 0 saturated heterocycles. The first-order valence-corrected chi connectivity index (χ1v) is 1.23. The highest BCUT2D eigenvalue weighted by Gasteiger charge is 1.75. The lowest BCUT2D eigenvalue weighted by atomic mass is 10.9. The Bertz CT molecular complexity index is 77.6. The second-order valence-corrected chi connectivity index (χ2v) is 0.536. The third-order valence-electron chi connectivity index (χ3n) is 0.176. The maximum Gasteiger partial charge on any atom is 0.190 e. The third-order valence-corrected chi connectivity index (χ3v) is 0.176. The topological polar surface area (TPSA) is 55.5 Å². The summed E-state index contributed by atoms with van der Waals surface area (Å²) >= 11 is 0. The summed E-state index contributed by atoms with van der Waals surface area (Å²) in [5.74, 6) is 0. The van der Waals surface area contributed by atoms with E-state index in [0.717, 1.165) is 6.21 Å². The predicted octanol–water partition coefficient (Wildman–Crippen LogP) is 0.0830. The monoisotopic (exact) mass is 87.0 g/mol. The van der Waals surface area contributed by atoms with Crippen molar-refractivity contribution in [2.45, 2.75) is 0 Å². The molecule has 0 amide bonds. The van der Waals surface area contributed by atoms with Crippen molar-refractivity contribution in [3.8, 4) is 0 Å². The SMILES string of the molecule is [CH2]/C=N/[N+](=O)[O-]. The van der Waals surface area contributed by atoms with Crippen LogP contribution in [0.2, 0.25) is 0 Å². The standard InChI is InChI=1S/C2H3N2O2/c1-2-3-4(5)6/h2H,1H2/b3-2+. The molecular weight excluding hydrogens is 84.0 g/mol. The molecule has 6 heavy (non-hydrogen) atoms. The molecule has 0 atom stereocenters. The van der Waals surface area contributed by atoms with Gasteiger partial charge in [0.05, 0.1) is 11.3 Å². The van der Waals surface area contributed by atoms with Crippen LogP contribution in [0.4, 0.5) is 0 Å². The molecule has 0 aliphatic heterocycles. The van der Waals surface area contributed by atoms with Crippen LogP contribution in [0.15, 0.2) is 5.10 Å². The highest BCUT2D eigenvalue weighted by atomic mass is 16.7. The second kappa shape index (κ2) is 2.32. The van der Waals surface area contributed by atoms with Crippen LogP contribution in [-0.4, -0.2) is 11.2 Å². The fourth-order valence-corrected chi connectivity index (χ4v) is 0.0667. The minimum absolute atomic E-state index is 0.812. The Labute approximate surface area is 34.6 Å². The maximum absolute atomic E-state index is 9.17. The summed E-state index contributed by atoms with van der Waals surface area (Å²) in [6.45, 7) is 2.99. The Morgan fingerprint density at radius 2 is 2.50 bits per heavy atom. The van der Waals surface area contributed by atoms with Crippen molar-refractivity contribution in [1.82, 2.24) is 0 Å². The molecule has 0 unspecified atom stereocenters. The van der Waals surface area contributed by atoms with E-state index < -0.39 is 5.03 Å². The van der Waals surface area contributed by atoms with Gasteiger partial charge in [0.2, 0.25) is 0 Å². The summed E-state index contributed by atoms with van der Waals surface area (Å²) in [5, 5.41) is 11.0. The van der Waals surface area contributed by atoms with Crippen molar-refractivity contribution in [2.75, 3.05) is 0 Å². The molecule has 4 nitrogen and oxygen atoms in total. The smallest absolute Gasteiger partial charge is 0.190 e. The zero-order chi connectivity index (χ0) is 4.99. The van der Waals surface area contributed by atoms with Gasteiger partial charge in [-0.25, -0.2) is 10.1 Å². The lowest BCUT2D eigenvalue weighted by molar-refractivity contribution is -0.484. The molecule has 1 radical (unpaired) electrons. The Morgan fingerprint density at radius 3 is 2.50 bits per heavy atom. The van der Waals surface area contributed by atoms with Gasteiger partial charge < -0.3 is 0 Å². The number of hydrazone groups is 1. The summed E-state index contributed by atoms with van der Waals surface area (Å²) in [5.41, 5.74) is 0. The minimum atomic E-state index is -0.812. The number of nitro groups is 1. The minimum Gasteiger partial charge on any atom is -0.233 e. The predicted molar refractivity (Wildman–Crippen MR) is 20.8 cm³/mol. The summed E-state index contributed by atoms with van der Waals surface area (Å²) in [6, 6.07) is 0. The van der Waals surface area contributed by atoms with Crippen LogP contribution in [0.3, 0.4) is 0 Å².